The maximum atomic E-state index is 12.9. The van der Waals surface area contributed by atoms with Crippen molar-refractivity contribution in [2.75, 3.05) is 6.54 Å². The third-order valence-electron chi connectivity index (χ3n) is 5.43. The van der Waals surface area contributed by atoms with Crippen molar-refractivity contribution >= 4 is 17.1 Å². The lowest BCUT2D eigenvalue weighted by Crippen LogP contribution is -2.34. The van der Waals surface area contributed by atoms with Gasteiger partial charge in [0.05, 0.1) is 24.1 Å². The first-order valence-corrected chi connectivity index (χ1v) is 9.96. The highest BCUT2D eigenvalue weighted by Gasteiger charge is 2.25. The van der Waals surface area contributed by atoms with Gasteiger partial charge >= 0.3 is 6.09 Å². The van der Waals surface area contributed by atoms with Crippen molar-refractivity contribution in [1.29, 1.82) is 0 Å². The molecule has 4 aromatic rings. The van der Waals surface area contributed by atoms with Gasteiger partial charge in [0, 0.05) is 42.2 Å². The molecule has 0 unspecified atom stereocenters. The van der Waals surface area contributed by atoms with Gasteiger partial charge in [-0.1, -0.05) is 0 Å². The van der Waals surface area contributed by atoms with Gasteiger partial charge in [0.25, 0.3) is 5.56 Å². The minimum atomic E-state index is -0.953. The van der Waals surface area contributed by atoms with Crippen molar-refractivity contribution in [3.8, 4) is 11.4 Å². The molecule has 1 aliphatic heterocycles. The van der Waals surface area contributed by atoms with E-state index in [9.17, 15) is 19.1 Å². The molecule has 0 radical (unpaired) electrons. The molecule has 5 rings (SSSR count). The van der Waals surface area contributed by atoms with Crippen LogP contribution < -0.4 is 10.3 Å². The lowest BCUT2D eigenvalue weighted by atomic mass is 10.0. The highest BCUT2D eigenvalue weighted by atomic mass is 19.1. The van der Waals surface area contributed by atoms with E-state index in [4.69, 9.17) is 9.15 Å². The third kappa shape index (κ3) is 3.68. The van der Waals surface area contributed by atoms with E-state index in [1.54, 1.807) is 24.4 Å². The van der Waals surface area contributed by atoms with Crippen LogP contribution >= 0.6 is 0 Å². The Morgan fingerprint density at radius 3 is 2.84 bits per heavy atom. The number of carbonyl (C=O) groups is 1. The number of furan rings is 1. The van der Waals surface area contributed by atoms with Crippen molar-refractivity contribution < 1.29 is 23.4 Å². The van der Waals surface area contributed by atoms with Crippen LogP contribution in [0.5, 0.6) is 5.75 Å². The Morgan fingerprint density at radius 2 is 2.09 bits per heavy atom. The molecule has 8 nitrogen and oxygen atoms in total. The summed E-state index contributed by atoms with van der Waals surface area (Å²) in [5.41, 5.74) is 2.35. The second-order valence-electron chi connectivity index (χ2n) is 7.47. The van der Waals surface area contributed by atoms with Crippen molar-refractivity contribution in [3.63, 3.8) is 0 Å². The summed E-state index contributed by atoms with van der Waals surface area (Å²) in [6.07, 6.45) is 2.27. The molecule has 0 saturated heterocycles. The van der Waals surface area contributed by atoms with Gasteiger partial charge < -0.3 is 19.2 Å². The van der Waals surface area contributed by atoms with Gasteiger partial charge in [0.2, 0.25) is 0 Å². The molecule has 9 heteroatoms. The number of benzene rings is 1. The van der Waals surface area contributed by atoms with E-state index < -0.39 is 11.9 Å². The number of hydrogen-bond donors (Lipinski definition) is 1. The average Bonchev–Trinajstić information content (AvgIpc) is 3.15. The lowest BCUT2D eigenvalue weighted by Gasteiger charge is -2.23. The Kier molecular flexibility index (Phi) is 4.85. The lowest BCUT2D eigenvalue weighted by molar-refractivity contribution is 0.138. The van der Waals surface area contributed by atoms with E-state index in [0.717, 1.165) is 22.9 Å². The fourth-order valence-corrected chi connectivity index (χ4v) is 3.80. The molecule has 1 amide bonds. The zero-order valence-corrected chi connectivity index (χ0v) is 16.8. The van der Waals surface area contributed by atoms with E-state index >= 15 is 0 Å². The minimum Gasteiger partial charge on any atom is -0.487 e. The van der Waals surface area contributed by atoms with E-state index in [-0.39, 0.29) is 18.7 Å². The summed E-state index contributed by atoms with van der Waals surface area (Å²) in [6, 6.07) is 11.2. The van der Waals surface area contributed by atoms with Gasteiger partial charge in [0.1, 0.15) is 29.5 Å². The normalized spacial score (nSPS) is 13.2. The van der Waals surface area contributed by atoms with Crippen molar-refractivity contribution in [2.24, 2.45) is 0 Å². The van der Waals surface area contributed by atoms with E-state index in [1.165, 1.54) is 27.7 Å². The zero-order chi connectivity index (χ0) is 22.2. The van der Waals surface area contributed by atoms with Crippen LogP contribution in [-0.2, 0) is 19.6 Å². The largest absolute Gasteiger partial charge is 0.487 e. The molecule has 0 aliphatic carbocycles. The van der Waals surface area contributed by atoms with Gasteiger partial charge in [0.15, 0.2) is 0 Å². The molecule has 1 aromatic carbocycles. The Balaban J connectivity index is 1.38. The molecule has 32 heavy (non-hydrogen) atoms. The van der Waals surface area contributed by atoms with Crippen molar-refractivity contribution in [2.45, 2.75) is 19.6 Å². The molecule has 1 N–H and O–H groups in total. The summed E-state index contributed by atoms with van der Waals surface area (Å²) in [5, 5.41) is 10.1. The summed E-state index contributed by atoms with van der Waals surface area (Å²) >= 11 is 0. The minimum absolute atomic E-state index is 0.112. The fourth-order valence-electron chi connectivity index (χ4n) is 3.80. The van der Waals surface area contributed by atoms with Crippen molar-refractivity contribution in [3.05, 3.63) is 88.0 Å². The Hall–Kier alpha value is -4.14. The summed E-state index contributed by atoms with van der Waals surface area (Å²) in [6.45, 7) is 0.788. The van der Waals surface area contributed by atoms with Gasteiger partial charge in [-0.25, -0.2) is 9.18 Å². The number of aromatic nitrogens is 2. The number of pyridine rings is 2. The number of fused-ring (bicyclic) bond motifs is 3. The predicted octanol–water partition coefficient (Wildman–Crippen LogP) is 3.73. The quantitative estimate of drug-likeness (QED) is 0.525. The van der Waals surface area contributed by atoms with E-state index in [1.807, 2.05) is 6.07 Å². The Labute approximate surface area is 181 Å². The first kappa shape index (κ1) is 19.8. The van der Waals surface area contributed by atoms with Crippen LogP contribution in [-0.4, -0.2) is 32.2 Å². The standard InChI is InChI=1S/C23H18FN3O5/c24-14-1-2-15(25-11-14)13-31-17-5-8-27(22(28)10-17)16-3-4-18-19-12-26(23(29)30)7-6-20(19)32-21(18)9-16/h1-5,8-11H,6-7,12-13H2,(H,29,30). The predicted molar refractivity (Wildman–Crippen MR) is 112 cm³/mol. The van der Waals surface area contributed by atoms with Crippen LogP contribution in [0.15, 0.2) is 64.1 Å². The first-order chi connectivity index (χ1) is 15.5. The smallest absolute Gasteiger partial charge is 0.407 e. The number of nitrogens with zero attached hydrogens (tertiary/aromatic N) is 3. The number of hydrogen-bond acceptors (Lipinski definition) is 5. The van der Waals surface area contributed by atoms with Crippen LogP contribution in [0.4, 0.5) is 9.18 Å². The number of carboxylic acid groups (broad SMARTS) is 1. The zero-order valence-electron chi connectivity index (χ0n) is 16.8. The second kappa shape index (κ2) is 7.84. The third-order valence-corrected chi connectivity index (χ3v) is 5.43. The van der Waals surface area contributed by atoms with Gasteiger partial charge in [-0.3, -0.25) is 14.3 Å². The van der Waals surface area contributed by atoms with Gasteiger partial charge in [-0.2, -0.15) is 0 Å². The topological polar surface area (TPSA) is 97.8 Å². The fraction of sp³-hybridized carbons (Fsp3) is 0.174. The molecule has 0 saturated carbocycles. The maximum absolute atomic E-state index is 12.9. The highest BCUT2D eigenvalue weighted by Crippen LogP contribution is 2.32. The molecule has 162 valence electrons. The number of halogens is 1. The second-order valence-corrected chi connectivity index (χ2v) is 7.47. The highest BCUT2D eigenvalue weighted by molar-refractivity contribution is 5.85. The molecular formula is C23H18FN3O5. The van der Waals surface area contributed by atoms with Crippen LogP contribution in [0.25, 0.3) is 16.7 Å². The Morgan fingerprint density at radius 1 is 1.22 bits per heavy atom. The van der Waals surface area contributed by atoms with Gasteiger partial charge in [-0.05, 0) is 30.3 Å². The van der Waals surface area contributed by atoms with Crippen LogP contribution in [0, 0.1) is 5.82 Å². The molecular weight excluding hydrogens is 417 g/mol. The molecule has 1 aliphatic rings. The number of amides is 1. The van der Waals surface area contributed by atoms with E-state index in [0.29, 0.717) is 35.7 Å². The van der Waals surface area contributed by atoms with Crippen LogP contribution in [0.1, 0.15) is 17.0 Å². The van der Waals surface area contributed by atoms with Crippen molar-refractivity contribution in [1.82, 2.24) is 14.5 Å². The van der Waals surface area contributed by atoms with Gasteiger partial charge in [-0.15, -0.1) is 0 Å². The molecule has 0 atom stereocenters. The average molecular weight is 435 g/mol. The first-order valence-electron chi connectivity index (χ1n) is 9.96. The summed E-state index contributed by atoms with van der Waals surface area (Å²) < 4.78 is 25.9. The van der Waals surface area contributed by atoms with E-state index in [2.05, 4.69) is 4.98 Å². The summed E-state index contributed by atoms with van der Waals surface area (Å²) in [5.74, 6) is 0.728. The SMILES string of the molecule is O=C(O)N1CCc2oc3cc(-n4ccc(OCc5ccc(F)cn5)cc4=O)ccc3c2C1. The summed E-state index contributed by atoms with van der Waals surface area (Å²) in [4.78, 5) is 29.2. The molecule has 0 spiro atoms. The van der Waals surface area contributed by atoms with Crippen LogP contribution in [0.3, 0.4) is 0 Å². The maximum Gasteiger partial charge on any atom is 0.407 e. The molecule has 0 bridgehead atoms. The van der Waals surface area contributed by atoms with Crippen LogP contribution in [0.2, 0.25) is 0 Å². The number of ether oxygens (including phenoxy) is 1. The molecule has 3 aromatic heterocycles. The molecule has 0 fully saturated rings. The Bertz CT molecular complexity index is 1380. The number of rotatable bonds is 4. The summed E-state index contributed by atoms with van der Waals surface area (Å²) in [7, 11) is 0. The monoisotopic (exact) mass is 435 g/mol. The molecule has 4 heterocycles.